The topological polar surface area (TPSA) is 85.0 Å². The fourth-order valence-electron chi connectivity index (χ4n) is 1.55. The van der Waals surface area contributed by atoms with Gasteiger partial charge in [-0.25, -0.2) is 0 Å². The molecular formula is C8H13N3O3S. The Hall–Kier alpha value is -0.920. The lowest BCUT2D eigenvalue weighted by molar-refractivity contribution is 0.0429. The minimum Gasteiger partial charge on any atom is -0.397 e. The molecule has 2 rings (SSSR count). The van der Waals surface area contributed by atoms with E-state index < -0.39 is 10.0 Å². The van der Waals surface area contributed by atoms with Gasteiger partial charge in [-0.2, -0.15) is 12.8 Å². The predicted molar refractivity (Wildman–Crippen MR) is 55.9 cm³/mol. The molecule has 1 saturated heterocycles. The summed E-state index contributed by atoms with van der Waals surface area (Å²) in [7, 11) is -3.49. The summed E-state index contributed by atoms with van der Waals surface area (Å²) in [4.78, 5) is 2.21. The molecule has 15 heavy (non-hydrogen) atoms. The summed E-state index contributed by atoms with van der Waals surface area (Å²) in [6.07, 6.45) is 1.20. The smallest absolute Gasteiger partial charge is 0.281 e. The third-order valence-electron chi connectivity index (χ3n) is 2.43. The van der Waals surface area contributed by atoms with E-state index in [1.807, 2.05) is 4.90 Å². The molecule has 6 nitrogen and oxygen atoms in total. The van der Waals surface area contributed by atoms with E-state index in [4.69, 9.17) is 10.5 Å². The SMILES string of the molecule is NC1=C(CN2CCOCC2)S(=O)(=O)N=C1. The first kappa shape index (κ1) is 10.6. The zero-order valence-corrected chi connectivity index (χ0v) is 9.03. The predicted octanol–water partition coefficient (Wildman–Crippen LogP) is -1.10. The molecule has 0 bridgehead atoms. The van der Waals surface area contributed by atoms with Crippen LogP contribution in [-0.4, -0.2) is 52.4 Å². The van der Waals surface area contributed by atoms with Crippen molar-refractivity contribution in [3.05, 3.63) is 10.6 Å². The molecule has 2 aliphatic heterocycles. The van der Waals surface area contributed by atoms with Crippen LogP contribution in [0.3, 0.4) is 0 Å². The number of nitrogens with zero attached hydrogens (tertiary/aromatic N) is 2. The Morgan fingerprint density at radius 1 is 1.47 bits per heavy atom. The highest BCUT2D eigenvalue weighted by Crippen LogP contribution is 2.18. The zero-order valence-electron chi connectivity index (χ0n) is 8.22. The number of allylic oxidation sites excluding steroid dienone is 1. The fourth-order valence-corrected chi connectivity index (χ4v) is 2.62. The van der Waals surface area contributed by atoms with Gasteiger partial charge in [0.1, 0.15) is 4.91 Å². The first-order valence-electron chi connectivity index (χ1n) is 4.69. The third-order valence-corrected chi connectivity index (χ3v) is 3.81. The van der Waals surface area contributed by atoms with Crippen LogP contribution in [-0.2, 0) is 14.8 Å². The second-order valence-corrected chi connectivity index (χ2v) is 5.13. The van der Waals surface area contributed by atoms with Gasteiger partial charge in [0.05, 0.1) is 25.1 Å². The molecular weight excluding hydrogens is 218 g/mol. The van der Waals surface area contributed by atoms with Gasteiger partial charge in [0.2, 0.25) is 0 Å². The third kappa shape index (κ3) is 2.19. The van der Waals surface area contributed by atoms with Crippen LogP contribution >= 0.6 is 0 Å². The maximum absolute atomic E-state index is 11.5. The summed E-state index contributed by atoms with van der Waals surface area (Å²) in [6, 6.07) is 0. The maximum Gasteiger partial charge on any atom is 0.281 e. The largest absolute Gasteiger partial charge is 0.397 e. The van der Waals surface area contributed by atoms with E-state index in [9.17, 15) is 8.42 Å². The van der Waals surface area contributed by atoms with Crippen LogP contribution in [0.4, 0.5) is 0 Å². The van der Waals surface area contributed by atoms with Crippen LogP contribution in [0.1, 0.15) is 0 Å². The zero-order chi connectivity index (χ0) is 10.9. The van der Waals surface area contributed by atoms with Crippen LogP contribution in [0.5, 0.6) is 0 Å². The van der Waals surface area contributed by atoms with E-state index in [0.29, 0.717) is 19.8 Å². The number of ether oxygens (including phenoxy) is 1. The second-order valence-electron chi connectivity index (χ2n) is 3.48. The summed E-state index contributed by atoms with van der Waals surface area (Å²) >= 11 is 0. The quantitative estimate of drug-likeness (QED) is 0.652. The van der Waals surface area contributed by atoms with E-state index in [-0.39, 0.29) is 10.6 Å². The lowest BCUT2D eigenvalue weighted by Crippen LogP contribution is -2.38. The average molecular weight is 231 g/mol. The first-order valence-corrected chi connectivity index (χ1v) is 6.13. The molecule has 1 fully saturated rings. The van der Waals surface area contributed by atoms with Gasteiger partial charge in [0.15, 0.2) is 0 Å². The minimum atomic E-state index is -3.49. The molecule has 84 valence electrons. The molecule has 0 atom stereocenters. The summed E-state index contributed by atoms with van der Waals surface area (Å²) in [6.45, 7) is 3.05. The number of rotatable bonds is 2. The number of sulfonamides is 1. The summed E-state index contributed by atoms with van der Waals surface area (Å²) in [5.74, 6) is 0. The number of hydrogen-bond donors (Lipinski definition) is 1. The van der Waals surface area contributed by atoms with Crippen molar-refractivity contribution in [2.75, 3.05) is 32.8 Å². The van der Waals surface area contributed by atoms with E-state index in [1.54, 1.807) is 0 Å². The van der Waals surface area contributed by atoms with Crippen molar-refractivity contribution in [3.63, 3.8) is 0 Å². The molecule has 2 aliphatic rings. The van der Waals surface area contributed by atoms with E-state index in [2.05, 4.69) is 4.40 Å². The van der Waals surface area contributed by atoms with E-state index in [1.165, 1.54) is 6.21 Å². The van der Waals surface area contributed by atoms with E-state index >= 15 is 0 Å². The molecule has 0 spiro atoms. The molecule has 0 radical (unpaired) electrons. The lowest BCUT2D eigenvalue weighted by atomic mass is 10.3. The van der Waals surface area contributed by atoms with Crippen LogP contribution in [0, 0.1) is 0 Å². The van der Waals surface area contributed by atoms with Crippen LogP contribution in [0.2, 0.25) is 0 Å². The van der Waals surface area contributed by atoms with Crippen molar-refractivity contribution in [3.8, 4) is 0 Å². The molecule has 0 aromatic carbocycles. The molecule has 0 unspecified atom stereocenters. The Labute approximate surface area is 88.5 Å². The average Bonchev–Trinajstić information content (AvgIpc) is 2.47. The Balaban J connectivity index is 2.09. The normalized spacial score (nSPS) is 26.1. The Bertz CT molecular complexity index is 407. The summed E-state index contributed by atoms with van der Waals surface area (Å²) in [5, 5.41) is 0. The van der Waals surface area contributed by atoms with Crippen molar-refractivity contribution in [2.24, 2.45) is 10.1 Å². The molecule has 7 heteroatoms. The summed E-state index contributed by atoms with van der Waals surface area (Å²) in [5.41, 5.74) is 5.82. The van der Waals surface area contributed by atoms with Gasteiger partial charge in [-0.15, -0.1) is 0 Å². The minimum absolute atomic E-state index is 0.212. The van der Waals surface area contributed by atoms with Crippen molar-refractivity contribution >= 4 is 16.2 Å². The molecule has 0 aromatic rings. The molecule has 2 N–H and O–H groups in total. The molecule has 0 saturated carbocycles. The second kappa shape index (κ2) is 3.92. The van der Waals surface area contributed by atoms with Gasteiger partial charge >= 0.3 is 0 Å². The van der Waals surface area contributed by atoms with Crippen molar-refractivity contribution in [2.45, 2.75) is 0 Å². The Morgan fingerprint density at radius 3 is 2.67 bits per heavy atom. The Morgan fingerprint density at radius 2 is 2.13 bits per heavy atom. The fraction of sp³-hybridized carbons (Fsp3) is 0.625. The highest BCUT2D eigenvalue weighted by molar-refractivity contribution is 7.94. The lowest BCUT2D eigenvalue weighted by Gasteiger charge is -2.26. The Kier molecular flexibility index (Phi) is 2.76. The van der Waals surface area contributed by atoms with E-state index in [0.717, 1.165) is 13.1 Å². The van der Waals surface area contributed by atoms with Gasteiger partial charge in [-0.3, -0.25) is 4.90 Å². The summed E-state index contributed by atoms with van der Waals surface area (Å²) < 4.78 is 31.5. The van der Waals surface area contributed by atoms with Gasteiger partial charge in [0, 0.05) is 19.6 Å². The monoisotopic (exact) mass is 231 g/mol. The number of morpholine rings is 1. The van der Waals surface area contributed by atoms with Crippen LogP contribution < -0.4 is 5.73 Å². The number of hydrogen-bond acceptors (Lipinski definition) is 5. The first-order chi connectivity index (χ1) is 7.09. The van der Waals surface area contributed by atoms with Crippen molar-refractivity contribution in [1.82, 2.24) is 4.90 Å². The van der Waals surface area contributed by atoms with Gasteiger partial charge in [-0.05, 0) is 0 Å². The standard InChI is InChI=1S/C8H13N3O3S/c9-7-5-10-15(12,13)8(7)6-11-1-3-14-4-2-11/h5H,1-4,6,9H2. The van der Waals surface area contributed by atoms with Crippen molar-refractivity contribution in [1.29, 1.82) is 0 Å². The molecule has 0 aliphatic carbocycles. The van der Waals surface area contributed by atoms with Crippen LogP contribution in [0.25, 0.3) is 0 Å². The number of nitrogens with two attached hydrogens (primary N) is 1. The van der Waals surface area contributed by atoms with Gasteiger partial charge < -0.3 is 10.5 Å². The highest BCUT2D eigenvalue weighted by atomic mass is 32.2. The molecule has 0 aromatic heterocycles. The van der Waals surface area contributed by atoms with Gasteiger partial charge in [0.25, 0.3) is 10.0 Å². The van der Waals surface area contributed by atoms with Crippen molar-refractivity contribution < 1.29 is 13.2 Å². The highest BCUT2D eigenvalue weighted by Gasteiger charge is 2.26. The van der Waals surface area contributed by atoms with Gasteiger partial charge in [-0.1, -0.05) is 0 Å². The maximum atomic E-state index is 11.5. The molecule has 0 amide bonds. The van der Waals surface area contributed by atoms with Crippen LogP contribution in [0.15, 0.2) is 15.0 Å². The molecule has 2 heterocycles.